The number of hydrogen-bond acceptors (Lipinski definition) is 7. The topological polar surface area (TPSA) is 78.0 Å². The molecule has 1 saturated carbocycles. The summed E-state index contributed by atoms with van der Waals surface area (Å²) < 4.78 is 6.39. The number of nitrogens with zero attached hydrogens (tertiary/aromatic N) is 4. The molecular weight excluding hydrogens is 578 g/mol. The summed E-state index contributed by atoms with van der Waals surface area (Å²) in [6.07, 6.45) is 3.43. The SMILES string of the molecule is CC(C)(C)OC(=O)N[C@H](C(=O)N1CCSC1)C1CCC(N2CCN(c3nc(Br)cc4ccccc34)CC2)CC1. The van der Waals surface area contributed by atoms with Gasteiger partial charge in [-0.2, -0.15) is 0 Å². The summed E-state index contributed by atoms with van der Waals surface area (Å²) in [4.78, 5) is 37.8. The van der Waals surface area contributed by atoms with Crippen molar-refractivity contribution in [2.45, 2.75) is 64.1 Å². The van der Waals surface area contributed by atoms with Gasteiger partial charge in [-0.25, -0.2) is 9.78 Å². The first kappa shape index (κ1) is 28.5. The number of hydrogen-bond donors (Lipinski definition) is 1. The van der Waals surface area contributed by atoms with Gasteiger partial charge < -0.3 is 19.9 Å². The summed E-state index contributed by atoms with van der Waals surface area (Å²) in [7, 11) is 0. The molecule has 39 heavy (non-hydrogen) atoms. The lowest BCUT2D eigenvalue weighted by Gasteiger charge is -2.43. The number of amides is 2. The number of thioether (sulfide) groups is 1. The van der Waals surface area contributed by atoms with E-state index in [-0.39, 0.29) is 11.8 Å². The van der Waals surface area contributed by atoms with Crippen molar-refractivity contribution in [3.05, 3.63) is 34.9 Å². The number of ether oxygens (including phenoxy) is 1. The molecule has 1 N–H and O–H groups in total. The van der Waals surface area contributed by atoms with Gasteiger partial charge in [-0.15, -0.1) is 11.8 Å². The number of halogens is 1. The minimum absolute atomic E-state index is 0.0386. The average Bonchev–Trinajstić information content (AvgIpc) is 3.45. The number of benzene rings is 1. The van der Waals surface area contributed by atoms with E-state index in [4.69, 9.17) is 9.72 Å². The molecule has 2 aromatic rings. The number of fused-ring (bicyclic) bond motifs is 1. The van der Waals surface area contributed by atoms with Crippen LogP contribution in [0.2, 0.25) is 0 Å². The zero-order chi connectivity index (χ0) is 27.6. The number of piperazine rings is 1. The first-order valence-corrected chi connectivity index (χ1v) is 16.0. The molecule has 1 atom stereocenters. The predicted molar refractivity (Wildman–Crippen MR) is 161 cm³/mol. The number of pyridine rings is 1. The van der Waals surface area contributed by atoms with Crippen LogP contribution in [0.5, 0.6) is 0 Å². The van der Waals surface area contributed by atoms with E-state index in [9.17, 15) is 9.59 Å². The molecule has 1 aromatic carbocycles. The van der Waals surface area contributed by atoms with Crippen LogP contribution in [0.4, 0.5) is 10.6 Å². The Balaban J connectivity index is 1.19. The Kier molecular flexibility index (Phi) is 8.93. The van der Waals surface area contributed by atoms with Gasteiger partial charge in [0, 0.05) is 49.9 Å². The van der Waals surface area contributed by atoms with Gasteiger partial charge in [0.1, 0.15) is 22.1 Å². The maximum Gasteiger partial charge on any atom is 0.408 e. The Morgan fingerprint density at radius 3 is 2.46 bits per heavy atom. The van der Waals surface area contributed by atoms with Gasteiger partial charge >= 0.3 is 6.09 Å². The lowest BCUT2D eigenvalue weighted by Crippen LogP contribution is -2.55. The van der Waals surface area contributed by atoms with Crippen LogP contribution in [0.3, 0.4) is 0 Å². The molecule has 0 radical (unpaired) electrons. The summed E-state index contributed by atoms with van der Waals surface area (Å²) in [5, 5.41) is 5.36. The van der Waals surface area contributed by atoms with Crippen molar-refractivity contribution in [3.63, 3.8) is 0 Å². The molecule has 10 heteroatoms. The lowest BCUT2D eigenvalue weighted by molar-refractivity contribution is -0.133. The van der Waals surface area contributed by atoms with Gasteiger partial charge in [-0.1, -0.05) is 24.3 Å². The number of aromatic nitrogens is 1. The van der Waals surface area contributed by atoms with Crippen LogP contribution >= 0.6 is 27.7 Å². The summed E-state index contributed by atoms with van der Waals surface area (Å²) in [5.41, 5.74) is -0.599. The molecule has 2 amide bonds. The van der Waals surface area contributed by atoms with E-state index in [1.807, 2.05) is 25.7 Å². The third-order valence-electron chi connectivity index (χ3n) is 8.03. The lowest BCUT2D eigenvalue weighted by atomic mass is 9.80. The number of nitrogens with one attached hydrogen (secondary N) is 1. The second-order valence-corrected chi connectivity index (χ2v) is 13.7. The smallest absolute Gasteiger partial charge is 0.408 e. The van der Waals surface area contributed by atoms with Gasteiger partial charge in [-0.3, -0.25) is 9.69 Å². The zero-order valence-corrected chi connectivity index (χ0v) is 25.6. The van der Waals surface area contributed by atoms with Crippen LogP contribution in [0.1, 0.15) is 46.5 Å². The first-order chi connectivity index (χ1) is 18.7. The average molecular weight is 619 g/mol. The molecule has 8 nitrogen and oxygen atoms in total. The Bertz CT molecular complexity index is 1170. The fraction of sp³-hybridized carbons (Fsp3) is 0.621. The standard InChI is InChI=1S/C29H40BrN5O3S/c1-29(2,3)38-28(37)32-25(27(36)35-16-17-39-19-35)20-8-10-22(11-9-20)33-12-14-34(15-13-33)26-23-7-5-4-6-21(23)18-24(30)31-26/h4-7,18,20,22,25H,8-17,19H2,1-3H3,(H,32,37)/t20?,22?,25-/m0/s1. The summed E-state index contributed by atoms with van der Waals surface area (Å²) >= 11 is 5.36. The van der Waals surface area contributed by atoms with Crippen molar-refractivity contribution in [2.24, 2.45) is 5.92 Å². The molecule has 1 aromatic heterocycles. The number of carbonyl (C=O) groups is 2. The Hall–Kier alpha value is -2.04. The van der Waals surface area contributed by atoms with Gasteiger partial charge in [0.15, 0.2) is 0 Å². The maximum atomic E-state index is 13.4. The van der Waals surface area contributed by atoms with Crippen molar-refractivity contribution < 1.29 is 14.3 Å². The molecule has 1 aliphatic carbocycles. The fourth-order valence-electron chi connectivity index (χ4n) is 6.09. The van der Waals surface area contributed by atoms with E-state index in [1.165, 1.54) is 10.8 Å². The molecule has 2 aliphatic heterocycles. The number of alkyl carbamates (subject to hydrolysis) is 1. The molecule has 5 rings (SSSR count). The highest BCUT2D eigenvalue weighted by Crippen LogP contribution is 2.33. The van der Waals surface area contributed by atoms with Crippen LogP contribution in [-0.4, -0.2) is 88.8 Å². The molecule has 3 aliphatic rings. The van der Waals surface area contributed by atoms with Crippen molar-refractivity contribution in [3.8, 4) is 0 Å². The van der Waals surface area contributed by atoms with E-state index >= 15 is 0 Å². The van der Waals surface area contributed by atoms with Crippen LogP contribution in [0, 0.1) is 5.92 Å². The first-order valence-electron chi connectivity index (χ1n) is 14.1. The van der Waals surface area contributed by atoms with Crippen molar-refractivity contribution in [1.29, 1.82) is 0 Å². The number of carbonyl (C=O) groups excluding carboxylic acids is 2. The molecule has 3 heterocycles. The fourth-order valence-corrected chi connectivity index (χ4v) is 7.46. The minimum Gasteiger partial charge on any atom is -0.444 e. The van der Waals surface area contributed by atoms with Gasteiger partial charge in [-0.05, 0) is 79.8 Å². The second-order valence-electron chi connectivity index (χ2n) is 11.8. The van der Waals surface area contributed by atoms with Crippen LogP contribution < -0.4 is 10.2 Å². The summed E-state index contributed by atoms with van der Waals surface area (Å²) in [6.45, 7) is 10.2. The van der Waals surface area contributed by atoms with Gasteiger partial charge in [0.2, 0.25) is 5.91 Å². The predicted octanol–water partition coefficient (Wildman–Crippen LogP) is 5.10. The Morgan fingerprint density at radius 1 is 1.08 bits per heavy atom. The molecule has 0 bridgehead atoms. The maximum absolute atomic E-state index is 13.4. The van der Waals surface area contributed by atoms with E-state index in [0.29, 0.717) is 11.9 Å². The number of rotatable bonds is 5. The molecule has 212 valence electrons. The van der Waals surface area contributed by atoms with E-state index in [1.54, 1.807) is 11.8 Å². The highest BCUT2D eigenvalue weighted by atomic mass is 79.9. The summed E-state index contributed by atoms with van der Waals surface area (Å²) in [5.74, 6) is 2.88. The Labute approximate surface area is 244 Å². The molecule has 2 saturated heterocycles. The van der Waals surface area contributed by atoms with E-state index in [2.05, 4.69) is 61.4 Å². The largest absolute Gasteiger partial charge is 0.444 e. The summed E-state index contributed by atoms with van der Waals surface area (Å²) in [6, 6.07) is 10.5. The third-order valence-corrected chi connectivity index (χ3v) is 9.41. The van der Waals surface area contributed by atoms with E-state index < -0.39 is 17.7 Å². The molecule has 0 spiro atoms. The van der Waals surface area contributed by atoms with Crippen LogP contribution in [0.15, 0.2) is 34.9 Å². The monoisotopic (exact) mass is 617 g/mol. The van der Waals surface area contributed by atoms with Crippen molar-refractivity contribution in [1.82, 2.24) is 20.1 Å². The van der Waals surface area contributed by atoms with Crippen LogP contribution in [0.25, 0.3) is 10.8 Å². The second kappa shape index (κ2) is 12.2. The highest BCUT2D eigenvalue weighted by Gasteiger charge is 2.38. The zero-order valence-electron chi connectivity index (χ0n) is 23.2. The normalized spacial score (nSPS) is 23.6. The Morgan fingerprint density at radius 2 is 1.79 bits per heavy atom. The van der Waals surface area contributed by atoms with Gasteiger partial charge in [0.25, 0.3) is 0 Å². The van der Waals surface area contributed by atoms with E-state index in [0.717, 1.165) is 74.6 Å². The third kappa shape index (κ3) is 7.00. The number of anilines is 1. The minimum atomic E-state index is -0.599. The quantitative estimate of drug-likeness (QED) is 0.467. The van der Waals surface area contributed by atoms with Crippen LogP contribution in [-0.2, 0) is 9.53 Å². The molecule has 0 unspecified atom stereocenters. The van der Waals surface area contributed by atoms with Crippen molar-refractivity contribution in [2.75, 3.05) is 49.3 Å². The molecule has 3 fully saturated rings. The van der Waals surface area contributed by atoms with Gasteiger partial charge in [0.05, 0.1) is 5.88 Å². The highest BCUT2D eigenvalue weighted by molar-refractivity contribution is 9.10. The van der Waals surface area contributed by atoms with Crippen molar-refractivity contribution >= 4 is 56.3 Å². The molecular formula is C29H40BrN5O3S.